The van der Waals surface area contributed by atoms with Crippen molar-refractivity contribution in [1.82, 2.24) is 19.7 Å². The molecule has 6 nitrogen and oxygen atoms in total. The minimum Gasteiger partial charge on any atom is -0.394 e. The molecule has 1 aromatic rings. The highest BCUT2D eigenvalue weighted by Crippen LogP contribution is 2.17. The predicted molar refractivity (Wildman–Crippen MR) is 56.5 cm³/mol. The number of aromatic nitrogens is 3. The molecule has 88 valence electrons. The highest BCUT2D eigenvalue weighted by molar-refractivity contribution is 5.76. The van der Waals surface area contributed by atoms with Gasteiger partial charge in [0.25, 0.3) is 0 Å². The van der Waals surface area contributed by atoms with Crippen LogP contribution in [-0.4, -0.2) is 49.9 Å². The molecular weight excluding hydrogens is 208 g/mol. The lowest BCUT2D eigenvalue weighted by atomic mass is 10.2. The van der Waals surface area contributed by atoms with Gasteiger partial charge >= 0.3 is 0 Å². The molecule has 0 radical (unpaired) electrons. The van der Waals surface area contributed by atoms with E-state index in [9.17, 15) is 4.79 Å². The van der Waals surface area contributed by atoms with Crippen molar-refractivity contribution in [2.75, 3.05) is 13.2 Å². The first kappa shape index (κ1) is 11.1. The van der Waals surface area contributed by atoms with Crippen molar-refractivity contribution in [3.8, 4) is 0 Å². The Bertz CT molecular complexity index is 339. The summed E-state index contributed by atoms with van der Waals surface area (Å²) in [5, 5.41) is 13.1. The fourth-order valence-electron chi connectivity index (χ4n) is 2.06. The summed E-state index contributed by atoms with van der Waals surface area (Å²) in [6.07, 6.45) is 5.36. The summed E-state index contributed by atoms with van der Waals surface area (Å²) in [5.74, 6) is 0.0899. The molecule has 0 spiro atoms. The molecule has 1 amide bonds. The second-order valence-corrected chi connectivity index (χ2v) is 3.97. The first-order valence-corrected chi connectivity index (χ1v) is 5.54. The first-order valence-electron chi connectivity index (χ1n) is 5.54. The molecule has 16 heavy (non-hydrogen) atoms. The highest BCUT2D eigenvalue weighted by atomic mass is 16.3. The zero-order valence-corrected chi connectivity index (χ0v) is 9.12. The lowest BCUT2D eigenvalue weighted by Gasteiger charge is -2.22. The smallest absolute Gasteiger partial charge is 0.224 e. The van der Waals surface area contributed by atoms with E-state index >= 15 is 0 Å². The zero-order chi connectivity index (χ0) is 11.4. The second kappa shape index (κ2) is 5.07. The van der Waals surface area contributed by atoms with Crippen molar-refractivity contribution in [3.63, 3.8) is 0 Å². The van der Waals surface area contributed by atoms with Crippen LogP contribution in [0.15, 0.2) is 12.7 Å². The molecule has 6 heteroatoms. The van der Waals surface area contributed by atoms with Crippen LogP contribution in [0.1, 0.15) is 19.3 Å². The van der Waals surface area contributed by atoms with Gasteiger partial charge in [0.15, 0.2) is 0 Å². The van der Waals surface area contributed by atoms with Gasteiger partial charge in [-0.25, -0.2) is 4.98 Å². The average Bonchev–Trinajstić information content (AvgIpc) is 2.96. The standard InChI is InChI=1S/C10H16N4O2/c15-6-9-2-1-4-14(9)10(16)3-5-13-8-11-7-12-13/h7-9,15H,1-6H2/t9-/m0/s1. The number of nitrogens with zero attached hydrogens (tertiary/aromatic N) is 4. The monoisotopic (exact) mass is 224 g/mol. The van der Waals surface area contributed by atoms with E-state index in [0.29, 0.717) is 13.0 Å². The molecule has 2 rings (SSSR count). The number of amides is 1. The number of rotatable bonds is 4. The summed E-state index contributed by atoms with van der Waals surface area (Å²) in [5.41, 5.74) is 0. The quantitative estimate of drug-likeness (QED) is 0.759. The number of likely N-dealkylation sites (tertiary alicyclic amines) is 1. The largest absolute Gasteiger partial charge is 0.394 e. The molecule has 1 N–H and O–H groups in total. The van der Waals surface area contributed by atoms with Gasteiger partial charge in [-0.1, -0.05) is 0 Å². The number of hydrogen-bond donors (Lipinski definition) is 1. The van der Waals surface area contributed by atoms with Gasteiger partial charge in [0.2, 0.25) is 5.91 Å². The Labute approximate surface area is 93.9 Å². The maximum atomic E-state index is 11.9. The summed E-state index contributed by atoms with van der Waals surface area (Å²) < 4.78 is 1.64. The van der Waals surface area contributed by atoms with Crippen LogP contribution in [0.5, 0.6) is 0 Å². The Kier molecular flexibility index (Phi) is 3.51. The van der Waals surface area contributed by atoms with Crippen LogP contribution in [0.4, 0.5) is 0 Å². The van der Waals surface area contributed by atoms with Crippen molar-refractivity contribution in [2.24, 2.45) is 0 Å². The van der Waals surface area contributed by atoms with Crippen molar-refractivity contribution in [1.29, 1.82) is 0 Å². The summed E-state index contributed by atoms with van der Waals surface area (Å²) in [6, 6.07) is 0.0169. The number of carbonyl (C=O) groups excluding carboxylic acids is 1. The van der Waals surface area contributed by atoms with Crippen LogP contribution in [0.25, 0.3) is 0 Å². The summed E-state index contributed by atoms with van der Waals surface area (Å²) in [4.78, 5) is 17.5. The molecular formula is C10H16N4O2. The van der Waals surface area contributed by atoms with Gasteiger partial charge in [-0.3, -0.25) is 9.48 Å². The molecule has 1 saturated heterocycles. The molecule has 1 aliphatic rings. The van der Waals surface area contributed by atoms with Gasteiger partial charge in [0.05, 0.1) is 19.2 Å². The Morgan fingerprint density at radius 2 is 2.44 bits per heavy atom. The molecule has 0 saturated carbocycles. The molecule has 0 bridgehead atoms. The Balaban J connectivity index is 1.83. The number of aliphatic hydroxyl groups excluding tert-OH is 1. The summed E-state index contributed by atoms with van der Waals surface area (Å²) >= 11 is 0. The fraction of sp³-hybridized carbons (Fsp3) is 0.700. The average molecular weight is 224 g/mol. The second-order valence-electron chi connectivity index (χ2n) is 3.97. The zero-order valence-electron chi connectivity index (χ0n) is 9.12. The molecule has 0 unspecified atom stereocenters. The van der Waals surface area contributed by atoms with Crippen LogP contribution in [0.2, 0.25) is 0 Å². The van der Waals surface area contributed by atoms with Crippen LogP contribution < -0.4 is 0 Å². The van der Waals surface area contributed by atoms with Gasteiger partial charge in [0, 0.05) is 13.0 Å². The van der Waals surface area contributed by atoms with E-state index in [1.165, 1.54) is 6.33 Å². The van der Waals surface area contributed by atoms with E-state index < -0.39 is 0 Å². The third kappa shape index (κ3) is 2.38. The lowest BCUT2D eigenvalue weighted by Crippen LogP contribution is -2.38. The Morgan fingerprint density at radius 3 is 3.12 bits per heavy atom. The molecule has 1 aromatic heterocycles. The molecule has 2 heterocycles. The maximum absolute atomic E-state index is 11.9. The topological polar surface area (TPSA) is 71.2 Å². The number of carbonyl (C=O) groups is 1. The van der Waals surface area contributed by atoms with Crippen LogP contribution in [-0.2, 0) is 11.3 Å². The van der Waals surface area contributed by atoms with E-state index in [1.54, 1.807) is 15.9 Å². The number of aliphatic hydroxyl groups is 1. The van der Waals surface area contributed by atoms with Crippen molar-refractivity contribution < 1.29 is 9.90 Å². The molecule has 1 atom stereocenters. The third-order valence-electron chi connectivity index (χ3n) is 2.93. The van der Waals surface area contributed by atoms with Gasteiger partial charge in [-0.2, -0.15) is 5.10 Å². The van der Waals surface area contributed by atoms with E-state index in [1.807, 2.05) is 0 Å². The summed E-state index contributed by atoms with van der Waals surface area (Å²) in [6.45, 7) is 1.38. The van der Waals surface area contributed by atoms with Gasteiger partial charge in [-0.15, -0.1) is 0 Å². The third-order valence-corrected chi connectivity index (χ3v) is 2.93. The van der Waals surface area contributed by atoms with E-state index in [4.69, 9.17) is 5.11 Å². The van der Waals surface area contributed by atoms with E-state index in [0.717, 1.165) is 19.4 Å². The van der Waals surface area contributed by atoms with Crippen molar-refractivity contribution in [2.45, 2.75) is 31.8 Å². The number of hydrogen-bond acceptors (Lipinski definition) is 4. The van der Waals surface area contributed by atoms with E-state index in [2.05, 4.69) is 10.1 Å². The van der Waals surface area contributed by atoms with Gasteiger partial charge < -0.3 is 10.0 Å². The molecule has 0 aromatic carbocycles. The van der Waals surface area contributed by atoms with Crippen molar-refractivity contribution >= 4 is 5.91 Å². The van der Waals surface area contributed by atoms with Gasteiger partial charge in [-0.05, 0) is 12.8 Å². The van der Waals surface area contributed by atoms with E-state index in [-0.39, 0.29) is 18.6 Å². The fourth-order valence-corrected chi connectivity index (χ4v) is 2.06. The highest BCUT2D eigenvalue weighted by Gasteiger charge is 2.27. The minimum atomic E-state index is 0.0169. The lowest BCUT2D eigenvalue weighted by molar-refractivity contribution is -0.133. The Hall–Kier alpha value is -1.43. The number of aryl methyl sites for hydroxylation is 1. The predicted octanol–water partition coefficient (Wildman–Crippen LogP) is -0.349. The maximum Gasteiger partial charge on any atom is 0.224 e. The molecule has 0 aliphatic carbocycles. The normalized spacial score (nSPS) is 20.3. The minimum absolute atomic E-state index is 0.0169. The van der Waals surface area contributed by atoms with Gasteiger partial charge in [0.1, 0.15) is 12.7 Å². The van der Waals surface area contributed by atoms with Crippen molar-refractivity contribution in [3.05, 3.63) is 12.7 Å². The van der Waals surface area contributed by atoms with Crippen LogP contribution in [0, 0.1) is 0 Å². The summed E-state index contributed by atoms with van der Waals surface area (Å²) in [7, 11) is 0. The molecule has 1 aliphatic heterocycles. The first-order chi connectivity index (χ1) is 7.81. The van der Waals surface area contributed by atoms with Crippen LogP contribution in [0.3, 0.4) is 0 Å². The van der Waals surface area contributed by atoms with Crippen LogP contribution >= 0.6 is 0 Å². The Morgan fingerprint density at radius 1 is 1.56 bits per heavy atom. The SMILES string of the molecule is O=C(CCn1cncn1)N1CCC[C@H]1CO. The molecule has 1 fully saturated rings.